The Hall–Kier alpha value is -1.40. The zero-order valence-electron chi connectivity index (χ0n) is 11.3. The van der Waals surface area contributed by atoms with Crippen LogP contribution in [0.3, 0.4) is 0 Å². The van der Waals surface area contributed by atoms with E-state index in [1.165, 1.54) is 12.1 Å². The third-order valence-electron chi connectivity index (χ3n) is 2.21. The fourth-order valence-electron chi connectivity index (χ4n) is 1.40. The quantitative estimate of drug-likeness (QED) is 0.893. The second-order valence-corrected chi connectivity index (χ2v) is 5.59. The zero-order valence-corrected chi connectivity index (χ0v) is 12.1. The summed E-state index contributed by atoms with van der Waals surface area (Å²) < 4.78 is 31.7. The highest BCUT2D eigenvalue weighted by molar-refractivity contribution is 6.31. The molecule has 0 bridgehead atoms. The fraction of sp³-hybridized carbons (Fsp3) is 0.462. The number of anilines is 1. The smallest absolute Gasteiger partial charge is 0.412 e. The molecule has 0 aliphatic rings. The second kappa shape index (κ2) is 5.93. The van der Waals surface area contributed by atoms with Crippen LogP contribution in [0.5, 0.6) is 0 Å². The topological polar surface area (TPSA) is 58.6 Å². The molecule has 1 rings (SSSR count). The number of ether oxygens (including phenoxy) is 1. The van der Waals surface area contributed by atoms with Crippen molar-refractivity contribution >= 4 is 23.4 Å². The van der Waals surface area contributed by atoms with Crippen molar-refractivity contribution in [2.45, 2.75) is 32.3 Å². The van der Waals surface area contributed by atoms with Crippen LogP contribution in [-0.2, 0) is 10.7 Å². The lowest BCUT2D eigenvalue weighted by molar-refractivity contribution is -0.0555. The van der Waals surface area contributed by atoms with Crippen LogP contribution < -0.4 is 5.32 Å². The number of benzene rings is 1. The molecule has 0 fully saturated rings. The van der Waals surface area contributed by atoms with Gasteiger partial charge in [0.25, 0.3) is 5.92 Å². The summed E-state index contributed by atoms with van der Waals surface area (Å²) in [5.41, 5.74) is -0.948. The molecule has 0 heterocycles. The Bertz CT molecular complexity index is 501. The number of hydrogen-bond acceptors (Lipinski definition) is 3. The van der Waals surface area contributed by atoms with Crippen molar-refractivity contribution in [3.8, 4) is 0 Å². The van der Waals surface area contributed by atoms with Gasteiger partial charge < -0.3 is 9.84 Å². The van der Waals surface area contributed by atoms with E-state index in [9.17, 15) is 13.6 Å². The Balaban J connectivity index is 2.86. The van der Waals surface area contributed by atoms with Gasteiger partial charge >= 0.3 is 6.09 Å². The van der Waals surface area contributed by atoms with Gasteiger partial charge in [-0.3, -0.25) is 5.32 Å². The van der Waals surface area contributed by atoms with Crippen molar-refractivity contribution in [1.82, 2.24) is 0 Å². The van der Waals surface area contributed by atoms with Gasteiger partial charge in [-0.25, -0.2) is 4.79 Å². The molecule has 0 radical (unpaired) electrons. The zero-order chi connectivity index (χ0) is 15.6. The first-order valence-electron chi connectivity index (χ1n) is 5.84. The lowest BCUT2D eigenvalue weighted by atomic mass is 10.1. The van der Waals surface area contributed by atoms with E-state index in [0.717, 1.165) is 6.07 Å². The van der Waals surface area contributed by atoms with E-state index in [1.807, 2.05) is 0 Å². The predicted molar refractivity (Wildman–Crippen MR) is 72.3 cm³/mol. The lowest BCUT2D eigenvalue weighted by Gasteiger charge is -2.20. The molecule has 1 aromatic rings. The molecular formula is C13H16ClF2NO3. The van der Waals surface area contributed by atoms with Crippen LogP contribution >= 0.6 is 11.6 Å². The molecule has 112 valence electrons. The number of rotatable bonds is 3. The van der Waals surface area contributed by atoms with Crippen LogP contribution in [0.2, 0.25) is 5.02 Å². The molecule has 0 aromatic heterocycles. The van der Waals surface area contributed by atoms with Gasteiger partial charge in [-0.1, -0.05) is 11.6 Å². The van der Waals surface area contributed by atoms with Crippen molar-refractivity contribution in [1.29, 1.82) is 0 Å². The van der Waals surface area contributed by atoms with Crippen LogP contribution in [0.25, 0.3) is 0 Å². The van der Waals surface area contributed by atoms with E-state index >= 15 is 0 Å². The Kier molecular flexibility index (Phi) is 4.94. The number of alkyl halides is 2. The van der Waals surface area contributed by atoms with E-state index in [-0.39, 0.29) is 10.7 Å². The summed E-state index contributed by atoms with van der Waals surface area (Å²) in [5, 5.41) is 10.7. The molecule has 0 aliphatic carbocycles. The highest BCUT2D eigenvalue weighted by Crippen LogP contribution is 2.34. The Morgan fingerprint density at radius 3 is 2.45 bits per heavy atom. The van der Waals surface area contributed by atoms with Crippen molar-refractivity contribution in [3.05, 3.63) is 28.8 Å². The molecule has 0 unspecified atom stereocenters. The van der Waals surface area contributed by atoms with Gasteiger partial charge in [0.05, 0.1) is 5.02 Å². The van der Waals surface area contributed by atoms with Crippen molar-refractivity contribution in [2.75, 3.05) is 11.9 Å². The average molecular weight is 308 g/mol. The highest BCUT2D eigenvalue weighted by Gasteiger charge is 2.33. The Labute approximate surface area is 120 Å². The van der Waals surface area contributed by atoms with Crippen LogP contribution in [0.15, 0.2) is 18.2 Å². The first-order valence-corrected chi connectivity index (χ1v) is 6.22. The molecular weight excluding hydrogens is 292 g/mol. The van der Waals surface area contributed by atoms with Crippen molar-refractivity contribution in [3.63, 3.8) is 0 Å². The molecule has 0 aliphatic heterocycles. The SMILES string of the molecule is CC(C)(C)OC(=O)Nc1ccc(C(F)(F)CO)c(Cl)c1. The molecule has 4 nitrogen and oxygen atoms in total. The van der Waals surface area contributed by atoms with Gasteiger partial charge in [0.2, 0.25) is 0 Å². The minimum atomic E-state index is -3.43. The van der Waals surface area contributed by atoms with E-state index in [0.29, 0.717) is 0 Å². The summed E-state index contributed by atoms with van der Waals surface area (Å²) in [5.74, 6) is -3.43. The first-order chi connectivity index (χ1) is 9.05. The molecule has 2 N–H and O–H groups in total. The van der Waals surface area contributed by atoms with Gasteiger partial charge in [0.1, 0.15) is 12.2 Å². The Morgan fingerprint density at radius 1 is 1.40 bits per heavy atom. The third kappa shape index (κ3) is 4.61. The van der Waals surface area contributed by atoms with Crippen molar-refractivity contribution < 1.29 is 23.4 Å². The summed E-state index contributed by atoms with van der Waals surface area (Å²) in [6.07, 6.45) is -0.713. The maximum absolute atomic E-state index is 13.3. The summed E-state index contributed by atoms with van der Waals surface area (Å²) in [4.78, 5) is 11.5. The average Bonchev–Trinajstić information content (AvgIpc) is 2.25. The number of carbonyl (C=O) groups is 1. The lowest BCUT2D eigenvalue weighted by Crippen LogP contribution is -2.27. The van der Waals surface area contributed by atoms with Gasteiger partial charge in [-0.05, 0) is 39.0 Å². The van der Waals surface area contributed by atoms with Crippen LogP contribution in [-0.4, -0.2) is 23.4 Å². The Morgan fingerprint density at radius 2 is 2.00 bits per heavy atom. The number of nitrogens with one attached hydrogen (secondary N) is 1. The van der Waals surface area contributed by atoms with Crippen LogP contribution in [0, 0.1) is 0 Å². The van der Waals surface area contributed by atoms with Crippen LogP contribution in [0.4, 0.5) is 19.3 Å². The van der Waals surface area contributed by atoms with E-state index in [4.69, 9.17) is 21.4 Å². The van der Waals surface area contributed by atoms with Gasteiger partial charge in [0, 0.05) is 11.3 Å². The minimum absolute atomic E-state index is 0.224. The van der Waals surface area contributed by atoms with Gasteiger partial charge in [0.15, 0.2) is 0 Å². The maximum Gasteiger partial charge on any atom is 0.412 e. The van der Waals surface area contributed by atoms with Crippen molar-refractivity contribution in [2.24, 2.45) is 0 Å². The normalized spacial score (nSPS) is 12.2. The fourth-order valence-corrected chi connectivity index (χ4v) is 1.71. The van der Waals surface area contributed by atoms with Gasteiger partial charge in [-0.2, -0.15) is 8.78 Å². The standard InChI is InChI=1S/C13H16ClF2NO3/c1-12(2,3)20-11(19)17-8-4-5-9(10(14)6-8)13(15,16)7-18/h4-6,18H,7H2,1-3H3,(H,17,19). The summed E-state index contributed by atoms with van der Waals surface area (Å²) in [6.45, 7) is 3.75. The predicted octanol–water partition coefficient (Wildman–Crippen LogP) is 3.77. The van der Waals surface area contributed by atoms with E-state index < -0.39 is 29.8 Å². The highest BCUT2D eigenvalue weighted by atomic mass is 35.5. The number of carbonyl (C=O) groups excluding carboxylic acids is 1. The van der Waals surface area contributed by atoms with E-state index in [2.05, 4.69) is 5.32 Å². The van der Waals surface area contributed by atoms with Crippen LogP contribution in [0.1, 0.15) is 26.3 Å². The third-order valence-corrected chi connectivity index (χ3v) is 2.52. The number of hydrogen-bond donors (Lipinski definition) is 2. The van der Waals surface area contributed by atoms with E-state index in [1.54, 1.807) is 20.8 Å². The maximum atomic E-state index is 13.3. The largest absolute Gasteiger partial charge is 0.444 e. The summed E-state index contributed by atoms with van der Waals surface area (Å²) in [6, 6.07) is 3.48. The monoisotopic (exact) mass is 307 g/mol. The second-order valence-electron chi connectivity index (χ2n) is 5.18. The molecule has 0 saturated heterocycles. The molecule has 0 spiro atoms. The molecule has 0 saturated carbocycles. The number of aliphatic hydroxyl groups excluding tert-OH is 1. The minimum Gasteiger partial charge on any atom is -0.444 e. The molecule has 20 heavy (non-hydrogen) atoms. The first kappa shape index (κ1) is 16.7. The number of halogens is 3. The summed E-state index contributed by atoms with van der Waals surface area (Å²) >= 11 is 5.73. The molecule has 1 amide bonds. The molecule has 7 heteroatoms. The number of aliphatic hydroxyl groups is 1. The number of amides is 1. The summed E-state index contributed by atoms with van der Waals surface area (Å²) in [7, 11) is 0. The van der Waals surface area contributed by atoms with Gasteiger partial charge in [-0.15, -0.1) is 0 Å². The molecule has 0 atom stereocenters. The molecule has 1 aromatic carbocycles.